The predicted molar refractivity (Wildman–Crippen MR) is 109 cm³/mol. The smallest absolute Gasteiger partial charge is 0.309 e. The maximum Gasteiger partial charge on any atom is 0.309 e. The average molecular weight is 449 g/mol. The Morgan fingerprint density at radius 1 is 1.31 bits per heavy atom. The van der Waals surface area contributed by atoms with Crippen molar-refractivity contribution in [3.63, 3.8) is 0 Å². The Bertz CT molecular complexity index is 856. The number of hydrogen-bond donors (Lipinski definition) is 0. The Morgan fingerprint density at radius 2 is 1.93 bits per heavy atom. The topological polar surface area (TPSA) is 84.0 Å². The second-order valence-electron chi connectivity index (χ2n) is 6.93. The fourth-order valence-electron chi connectivity index (χ4n) is 3.47. The molecule has 0 spiro atoms. The first kappa shape index (κ1) is 23.4. The highest BCUT2D eigenvalue weighted by Crippen LogP contribution is 2.29. The Balaban J connectivity index is 2.23. The molecule has 7 nitrogen and oxygen atoms in total. The molecule has 1 heterocycles. The molecule has 162 valence electrons. The third-order valence-corrected chi connectivity index (χ3v) is 6.37. The second kappa shape index (κ2) is 9.75. The number of carbonyl (C=O) groups excluding carboxylic acids is 2. The summed E-state index contributed by atoms with van der Waals surface area (Å²) in [7, 11) is -3.84. The van der Waals surface area contributed by atoms with Gasteiger partial charge >= 0.3 is 5.97 Å². The molecule has 0 N–H and O–H groups in total. The van der Waals surface area contributed by atoms with Gasteiger partial charge in [0.05, 0.1) is 29.5 Å². The van der Waals surface area contributed by atoms with Crippen molar-refractivity contribution in [3.05, 3.63) is 29.0 Å². The summed E-state index contributed by atoms with van der Waals surface area (Å²) in [6, 6.07) is 2.55. The van der Waals surface area contributed by atoms with Crippen LogP contribution in [0, 0.1) is 11.7 Å². The molecule has 0 saturated carbocycles. The van der Waals surface area contributed by atoms with E-state index in [-0.39, 0.29) is 34.9 Å². The lowest BCUT2D eigenvalue weighted by Crippen LogP contribution is -2.52. The molecule has 1 atom stereocenters. The van der Waals surface area contributed by atoms with Crippen LogP contribution in [0.25, 0.3) is 0 Å². The minimum absolute atomic E-state index is 0.125. The Kier molecular flexibility index (Phi) is 7.87. The largest absolute Gasteiger partial charge is 0.466 e. The molecule has 1 unspecified atom stereocenters. The molecule has 0 bridgehead atoms. The van der Waals surface area contributed by atoms with Crippen LogP contribution < -0.4 is 4.31 Å². The summed E-state index contributed by atoms with van der Waals surface area (Å²) in [5, 5.41) is -0.228. The van der Waals surface area contributed by atoms with Crippen molar-refractivity contribution in [1.29, 1.82) is 0 Å². The van der Waals surface area contributed by atoms with E-state index in [0.29, 0.717) is 32.5 Å². The highest BCUT2D eigenvalue weighted by Gasteiger charge is 2.36. The van der Waals surface area contributed by atoms with Crippen molar-refractivity contribution in [3.8, 4) is 0 Å². The molecule has 1 fully saturated rings. The summed E-state index contributed by atoms with van der Waals surface area (Å²) in [5.74, 6) is -1.57. The summed E-state index contributed by atoms with van der Waals surface area (Å²) < 4.78 is 44.5. The van der Waals surface area contributed by atoms with Crippen LogP contribution in [0.2, 0.25) is 5.02 Å². The summed E-state index contributed by atoms with van der Waals surface area (Å²) >= 11 is 5.82. The molecular formula is C19H26ClFN2O5S. The molecule has 1 amide bonds. The number of piperidine rings is 1. The van der Waals surface area contributed by atoms with E-state index in [9.17, 15) is 22.4 Å². The normalized spacial score (nSPS) is 16.4. The minimum Gasteiger partial charge on any atom is -0.466 e. The Morgan fingerprint density at radius 3 is 2.41 bits per heavy atom. The van der Waals surface area contributed by atoms with E-state index in [1.165, 1.54) is 12.1 Å². The zero-order chi connectivity index (χ0) is 21.8. The lowest BCUT2D eigenvalue weighted by Gasteiger charge is -2.37. The van der Waals surface area contributed by atoms with Crippen LogP contribution in [-0.4, -0.2) is 57.2 Å². The Hall–Kier alpha value is -1.87. The van der Waals surface area contributed by atoms with Crippen LogP contribution in [0.4, 0.5) is 10.1 Å². The van der Waals surface area contributed by atoms with E-state index in [2.05, 4.69) is 0 Å². The van der Waals surface area contributed by atoms with Crippen LogP contribution in [-0.2, 0) is 24.3 Å². The van der Waals surface area contributed by atoms with Crippen molar-refractivity contribution < 1.29 is 27.1 Å². The van der Waals surface area contributed by atoms with Gasteiger partial charge in [-0.25, -0.2) is 12.8 Å². The van der Waals surface area contributed by atoms with E-state index in [4.69, 9.17) is 16.3 Å². The fraction of sp³-hybridized carbons (Fsp3) is 0.579. The Labute approximate surface area is 175 Å². The first-order valence-electron chi connectivity index (χ1n) is 9.50. The van der Waals surface area contributed by atoms with Gasteiger partial charge in [-0.15, -0.1) is 0 Å². The van der Waals surface area contributed by atoms with Crippen LogP contribution in [0.15, 0.2) is 18.2 Å². The summed E-state index contributed by atoms with van der Waals surface area (Å²) in [6.07, 6.45) is 2.14. The third-order valence-electron chi connectivity index (χ3n) is 4.90. The van der Waals surface area contributed by atoms with E-state index < -0.39 is 21.9 Å². The van der Waals surface area contributed by atoms with Gasteiger partial charge in [0.2, 0.25) is 15.9 Å². The van der Waals surface area contributed by atoms with Gasteiger partial charge in [0.1, 0.15) is 11.9 Å². The van der Waals surface area contributed by atoms with Crippen molar-refractivity contribution in [2.45, 2.75) is 39.2 Å². The summed E-state index contributed by atoms with van der Waals surface area (Å²) in [4.78, 5) is 26.6. The molecule has 2 rings (SSSR count). The third kappa shape index (κ3) is 5.60. The number of nitrogens with zero attached hydrogens (tertiary/aromatic N) is 2. The van der Waals surface area contributed by atoms with E-state index in [0.717, 1.165) is 16.6 Å². The van der Waals surface area contributed by atoms with Crippen LogP contribution >= 0.6 is 11.6 Å². The molecule has 1 aliphatic rings. The van der Waals surface area contributed by atoms with Gasteiger partial charge in [0.25, 0.3) is 0 Å². The number of halogens is 2. The maximum atomic E-state index is 13.5. The van der Waals surface area contributed by atoms with Gasteiger partial charge in [-0.2, -0.15) is 0 Å². The number of carbonyl (C=O) groups is 2. The van der Waals surface area contributed by atoms with Gasteiger partial charge in [-0.05, 0) is 44.4 Å². The molecule has 1 aromatic carbocycles. The number of rotatable bonds is 7. The molecular weight excluding hydrogens is 423 g/mol. The van der Waals surface area contributed by atoms with Crippen molar-refractivity contribution >= 4 is 39.2 Å². The number of hydrogen-bond acceptors (Lipinski definition) is 5. The second-order valence-corrected chi connectivity index (χ2v) is 9.20. The molecule has 0 aliphatic carbocycles. The van der Waals surface area contributed by atoms with Crippen molar-refractivity contribution in [1.82, 2.24) is 4.90 Å². The molecule has 0 radical (unpaired) electrons. The van der Waals surface area contributed by atoms with Crippen molar-refractivity contribution in [2.75, 3.05) is 30.3 Å². The molecule has 10 heteroatoms. The van der Waals surface area contributed by atoms with Gasteiger partial charge < -0.3 is 9.64 Å². The summed E-state index contributed by atoms with van der Waals surface area (Å²) in [6.45, 7) is 4.42. The summed E-state index contributed by atoms with van der Waals surface area (Å²) in [5.41, 5.74) is 0.125. The van der Waals surface area contributed by atoms with Gasteiger partial charge in [0, 0.05) is 13.1 Å². The van der Waals surface area contributed by atoms with E-state index in [1.54, 1.807) is 18.7 Å². The van der Waals surface area contributed by atoms with Crippen LogP contribution in [0.3, 0.4) is 0 Å². The zero-order valence-electron chi connectivity index (χ0n) is 16.7. The quantitative estimate of drug-likeness (QED) is 0.599. The van der Waals surface area contributed by atoms with Crippen molar-refractivity contribution in [2.24, 2.45) is 5.92 Å². The molecule has 29 heavy (non-hydrogen) atoms. The molecule has 0 aromatic heterocycles. The minimum atomic E-state index is -3.84. The lowest BCUT2D eigenvalue weighted by molar-refractivity contribution is -0.151. The predicted octanol–water partition coefficient (Wildman–Crippen LogP) is 2.83. The zero-order valence-corrected chi connectivity index (χ0v) is 18.3. The SMILES string of the molecule is CCOC(=O)C1CCN(C(=O)C(CC)N(c2ccc(F)c(Cl)c2)S(C)(=O)=O)CC1. The fourth-order valence-corrected chi connectivity index (χ4v) is 4.84. The number of sulfonamides is 1. The first-order chi connectivity index (χ1) is 13.6. The lowest BCUT2D eigenvalue weighted by atomic mass is 9.96. The standard InChI is InChI=1S/C19H26ClFN2O5S/c1-4-17(18(24)22-10-8-13(9-11-22)19(25)28-5-2)23(29(3,26)27)14-6-7-16(21)15(20)12-14/h6-7,12-13,17H,4-5,8-11H2,1-3H3. The van der Waals surface area contributed by atoms with Crippen LogP contribution in [0.1, 0.15) is 33.1 Å². The number of amides is 1. The number of likely N-dealkylation sites (tertiary alicyclic amines) is 1. The number of ether oxygens (including phenoxy) is 1. The number of anilines is 1. The first-order valence-corrected chi connectivity index (χ1v) is 11.7. The van der Waals surface area contributed by atoms with E-state index >= 15 is 0 Å². The van der Waals surface area contributed by atoms with Gasteiger partial charge in [-0.1, -0.05) is 18.5 Å². The van der Waals surface area contributed by atoms with Crippen LogP contribution in [0.5, 0.6) is 0 Å². The van der Waals surface area contributed by atoms with E-state index in [1.807, 2.05) is 0 Å². The highest BCUT2D eigenvalue weighted by molar-refractivity contribution is 7.92. The van der Waals surface area contributed by atoms with Gasteiger partial charge in [0.15, 0.2) is 0 Å². The van der Waals surface area contributed by atoms with Gasteiger partial charge in [-0.3, -0.25) is 13.9 Å². The number of esters is 1. The monoisotopic (exact) mass is 448 g/mol. The maximum absolute atomic E-state index is 13.5. The highest BCUT2D eigenvalue weighted by atomic mass is 35.5. The average Bonchev–Trinajstić information content (AvgIpc) is 2.67. The molecule has 1 aromatic rings. The molecule has 1 saturated heterocycles. The number of benzene rings is 1. The molecule has 1 aliphatic heterocycles.